The zero-order chi connectivity index (χ0) is 21.0. The molecule has 0 atom stereocenters. The SMILES string of the molecule is COc1cc(CNC(=O)c2ccc(Cl)cc2N2CCCC2=O)cc(OC)c1OC. The highest BCUT2D eigenvalue weighted by Crippen LogP contribution is 2.38. The first-order valence-corrected chi connectivity index (χ1v) is 9.53. The summed E-state index contributed by atoms with van der Waals surface area (Å²) in [5.41, 5.74) is 1.71. The maximum absolute atomic E-state index is 12.9. The molecule has 29 heavy (non-hydrogen) atoms. The number of halogens is 1. The van der Waals surface area contributed by atoms with Crippen LogP contribution in [0.15, 0.2) is 30.3 Å². The zero-order valence-electron chi connectivity index (χ0n) is 16.6. The lowest BCUT2D eigenvalue weighted by Gasteiger charge is -2.20. The van der Waals surface area contributed by atoms with Crippen molar-refractivity contribution in [3.8, 4) is 17.2 Å². The van der Waals surface area contributed by atoms with Gasteiger partial charge in [-0.3, -0.25) is 9.59 Å². The Morgan fingerprint density at radius 3 is 2.34 bits per heavy atom. The molecule has 2 aromatic rings. The third-order valence-corrected chi connectivity index (χ3v) is 4.98. The Balaban J connectivity index is 1.82. The van der Waals surface area contributed by atoms with Gasteiger partial charge in [0.15, 0.2) is 11.5 Å². The number of nitrogens with one attached hydrogen (secondary N) is 1. The van der Waals surface area contributed by atoms with Crippen LogP contribution < -0.4 is 24.4 Å². The van der Waals surface area contributed by atoms with Crippen molar-refractivity contribution in [1.29, 1.82) is 0 Å². The lowest BCUT2D eigenvalue weighted by molar-refractivity contribution is -0.117. The summed E-state index contributed by atoms with van der Waals surface area (Å²) in [6.07, 6.45) is 1.23. The molecule has 0 spiro atoms. The highest BCUT2D eigenvalue weighted by Gasteiger charge is 2.26. The molecule has 1 N–H and O–H groups in total. The fourth-order valence-electron chi connectivity index (χ4n) is 3.34. The van der Waals surface area contributed by atoms with Gasteiger partial charge in [-0.1, -0.05) is 11.6 Å². The van der Waals surface area contributed by atoms with Gasteiger partial charge in [-0.25, -0.2) is 0 Å². The molecule has 0 aromatic heterocycles. The third-order valence-electron chi connectivity index (χ3n) is 4.75. The third kappa shape index (κ3) is 4.40. The fraction of sp³-hybridized carbons (Fsp3) is 0.333. The zero-order valence-corrected chi connectivity index (χ0v) is 17.3. The summed E-state index contributed by atoms with van der Waals surface area (Å²) >= 11 is 6.11. The van der Waals surface area contributed by atoms with Crippen molar-refractivity contribution in [1.82, 2.24) is 5.32 Å². The Kier molecular flexibility index (Phi) is 6.49. The van der Waals surface area contributed by atoms with E-state index in [1.54, 1.807) is 35.2 Å². The maximum Gasteiger partial charge on any atom is 0.253 e. The van der Waals surface area contributed by atoms with Gasteiger partial charge in [0.1, 0.15) is 0 Å². The van der Waals surface area contributed by atoms with E-state index in [1.165, 1.54) is 21.3 Å². The fourth-order valence-corrected chi connectivity index (χ4v) is 3.50. The smallest absolute Gasteiger partial charge is 0.253 e. The quantitative estimate of drug-likeness (QED) is 0.745. The summed E-state index contributed by atoms with van der Waals surface area (Å²) in [5, 5.41) is 3.35. The molecule has 8 heteroatoms. The highest BCUT2D eigenvalue weighted by atomic mass is 35.5. The first-order chi connectivity index (χ1) is 14.0. The Hall–Kier alpha value is -2.93. The number of carbonyl (C=O) groups excluding carboxylic acids is 2. The van der Waals surface area contributed by atoms with E-state index in [1.807, 2.05) is 0 Å². The van der Waals surface area contributed by atoms with Crippen LogP contribution in [0.3, 0.4) is 0 Å². The summed E-state index contributed by atoms with van der Waals surface area (Å²) in [5.74, 6) is 1.19. The molecule has 0 saturated carbocycles. The van der Waals surface area contributed by atoms with E-state index in [4.69, 9.17) is 25.8 Å². The highest BCUT2D eigenvalue weighted by molar-refractivity contribution is 6.31. The molecular weight excluding hydrogens is 396 g/mol. The Morgan fingerprint density at radius 1 is 1.10 bits per heavy atom. The van der Waals surface area contributed by atoms with E-state index in [-0.39, 0.29) is 18.4 Å². The monoisotopic (exact) mass is 418 g/mol. The van der Waals surface area contributed by atoms with Gasteiger partial charge < -0.3 is 24.4 Å². The lowest BCUT2D eigenvalue weighted by atomic mass is 10.1. The number of anilines is 1. The Bertz CT molecular complexity index is 906. The van der Waals surface area contributed by atoms with Crippen LogP contribution in [0.4, 0.5) is 5.69 Å². The van der Waals surface area contributed by atoms with Crippen LogP contribution in [0.2, 0.25) is 5.02 Å². The second kappa shape index (κ2) is 9.05. The van der Waals surface area contributed by atoms with Gasteiger partial charge in [-0.2, -0.15) is 0 Å². The Morgan fingerprint density at radius 2 is 1.79 bits per heavy atom. The molecule has 3 rings (SSSR count). The average molecular weight is 419 g/mol. The molecule has 154 valence electrons. The second-order valence-corrected chi connectivity index (χ2v) is 6.96. The number of hydrogen-bond donors (Lipinski definition) is 1. The molecule has 0 unspecified atom stereocenters. The van der Waals surface area contributed by atoms with Gasteiger partial charge in [-0.05, 0) is 42.3 Å². The van der Waals surface area contributed by atoms with E-state index in [2.05, 4.69) is 5.32 Å². The largest absolute Gasteiger partial charge is 0.493 e. The van der Waals surface area contributed by atoms with Crippen molar-refractivity contribution in [3.63, 3.8) is 0 Å². The lowest BCUT2D eigenvalue weighted by Crippen LogP contribution is -2.29. The Labute approximate surface area is 174 Å². The van der Waals surface area contributed by atoms with Gasteiger partial charge >= 0.3 is 0 Å². The number of benzene rings is 2. The molecule has 1 aliphatic rings. The molecule has 0 bridgehead atoms. The molecule has 1 aliphatic heterocycles. The van der Waals surface area contributed by atoms with Crippen LogP contribution >= 0.6 is 11.6 Å². The minimum atomic E-state index is -0.301. The summed E-state index contributed by atoms with van der Waals surface area (Å²) in [6.45, 7) is 0.817. The number of rotatable bonds is 7. The summed E-state index contributed by atoms with van der Waals surface area (Å²) in [4.78, 5) is 26.6. The molecule has 1 fully saturated rings. The van der Waals surface area contributed by atoms with Crippen molar-refractivity contribution in [2.75, 3.05) is 32.8 Å². The topological polar surface area (TPSA) is 77.1 Å². The average Bonchev–Trinajstić information content (AvgIpc) is 3.16. The molecule has 1 heterocycles. The number of methoxy groups -OCH3 is 3. The van der Waals surface area contributed by atoms with Crippen LogP contribution in [-0.4, -0.2) is 39.7 Å². The van der Waals surface area contributed by atoms with Gasteiger partial charge in [0.05, 0.1) is 32.6 Å². The predicted octanol–water partition coefficient (Wildman–Crippen LogP) is 3.42. The second-order valence-electron chi connectivity index (χ2n) is 6.53. The van der Waals surface area contributed by atoms with Crippen LogP contribution in [-0.2, 0) is 11.3 Å². The first kappa shape index (κ1) is 20.8. The van der Waals surface area contributed by atoms with Crippen LogP contribution in [0.5, 0.6) is 17.2 Å². The van der Waals surface area contributed by atoms with Crippen molar-refractivity contribution in [2.24, 2.45) is 0 Å². The minimum absolute atomic E-state index is 0.00839. The minimum Gasteiger partial charge on any atom is -0.493 e. The normalized spacial score (nSPS) is 13.4. The van der Waals surface area contributed by atoms with E-state index >= 15 is 0 Å². The number of hydrogen-bond acceptors (Lipinski definition) is 5. The standard InChI is InChI=1S/C21H23ClN2O5/c1-27-17-9-13(10-18(28-2)20(17)29-3)12-23-21(26)15-7-6-14(22)11-16(15)24-8-4-5-19(24)25/h6-7,9-11H,4-5,8,12H2,1-3H3,(H,23,26). The van der Waals surface area contributed by atoms with Gasteiger partial charge in [-0.15, -0.1) is 0 Å². The van der Waals surface area contributed by atoms with Crippen LogP contribution in [0.1, 0.15) is 28.8 Å². The molecule has 2 amide bonds. The van der Waals surface area contributed by atoms with Crippen LogP contribution in [0, 0.1) is 0 Å². The predicted molar refractivity (Wildman–Crippen MR) is 110 cm³/mol. The van der Waals surface area contributed by atoms with Gasteiger partial charge in [0.25, 0.3) is 5.91 Å². The summed E-state index contributed by atoms with van der Waals surface area (Å²) in [6, 6.07) is 8.47. The number of amides is 2. The molecular formula is C21H23ClN2O5. The number of ether oxygens (including phenoxy) is 3. The van der Waals surface area contributed by atoms with Crippen LogP contribution in [0.25, 0.3) is 0 Å². The van der Waals surface area contributed by atoms with E-state index in [0.717, 1.165) is 12.0 Å². The molecule has 2 aromatic carbocycles. The van der Waals surface area contributed by atoms with Crippen molar-refractivity contribution >= 4 is 29.1 Å². The van der Waals surface area contributed by atoms with Crippen molar-refractivity contribution in [3.05, 3.63) is 46.5 Å². The van der Waals surface area contributed by atoms with Crippen molar-refractivity contribution in [2.45, 2.75) is 19.4 Å². The summed E-state index contributed by atoms with van der Waals surface area (Å²) < 4.78 is 16.0. The van der Waals surface area contributed by atoms with Gasteiger partial charge in [0.2, 0.25) is 11.7 Å². The van der Waals surface area contributed by atoms with Crippen molar-refractivity contribution < 1.29 is 23.8 Å². The summed E-state index contributed by atoms with van der Waals surface area (Å²) in [7, 11) is 4.60. The molecule has 7 nitrogen and oxygen atoms in total. The van der Waals surface area contributed by atoms with E-state index < -0.39 is 0 Å². The number of carbonyl (C=O) groups is 2. The first-order valence-electron chi connectivity index (χ1n) is 9.15. The molecule has 0 aliphatic carbocycles. The molecule has 1 saturated heterocycles. The van der Waals surface area contributed by atoms with E-state index in [0.29, 0.717) is 46.5 Å². The maximum atomic E-state index is 12.9. The van der Waals surface area contributed by atoms with E-state index in [9.17, 15) is 9.59 Å². The van der Waals surface area contributed by atoms with Gasteiger partial charge in [0, 0.05) is 24.5 Å². The molecule has 0 radical (unpaired) electrons. The number of nitrogens with zero attached hydrogens (tertiary/aromatic N) is 1.